The summed E-state index contributed by atoms with van der Waals surface area (Å²) in [6.45, 7) is 14.7. The monoisotopic (exact) mass is 240 g/mol. The van der Waals surface area contributed by atoms with Crippen LogP contribution < -0.4 is 5.32 Å². The molecule has 0 bridgehead atoms. The Morgan fingerprint density at radius 2 is 2.18 bits per heavy atom. The van der Waals surface area contributed by atoms with Crippen molar-refractivity contribution in [3.8, 4) is 0 Å². The maximum absolute atomic E-state index is 5.83. The molecule has 2 rings (SSSR count). The van der Waals surface area contributed by atoms with Gasteiger partial charge < -0.3 is 10.1 Å². The lowest BCUT2D eigenvalue weighted by Gasteiger charge is -2.56. The van der Waals surface area contributed by atoms with Gasteiger partial charge in [-0.2, -0.15) is 0 Å². The van der Waals surface area contributed by atoms with Crippen molar-refractivity contribution < 1.29 is 4.74 Å². The topological polar surface area (TPSA) is 24.5 Å². The van der Waals surface area contributed by atoms with Crippen LogP contribution in [0.15, 0.2) is 0 Å². The molecule has 0 radical (unpaired) electrons. The van der Waals surface area contributed by atoms with Crippen LogP contribution in [0.3, 0.4) is 0 Å². The average Bonchev–Trinajstić information content (AvgIpc) is 2.48. The quantitative estimate of drug-likeness (QED) is 0.813. The van der Waals surface area contributed by atoms with Gasteiger partial charge in [-0.05, 0) is 25.8 Å². The maximum atomic E-state index is 5.83. The van der Waals surface area contributed by atoms with Crippen molar-refractivity contribution in [3.05, 3.63) is 0 Å². The molecular formula is C14H28N2O. The molecule has 100 valence electrons. The lowest BCUT2D eigenvalue weighted by Crippen LogP contribution is -2.62. The highest BCUT2D eigenvalue weighted by atomic mass is 16.5. The zero-order valence-corrected chi connectivity index (χ0v) is 11.8. The molecule has 2 aliphatic rings. The van der Waals surface area contributed by atoms with Crippen LogP contribution in [0.2, 0.25) is 0 Å². The number of nitrogens with one attached hydrogen (secondary N) is 1. The van der Waals surface area contributed by atoms with Gasteiger partial charge in [0.2, 0.25) is 0 Å². The van der Waals surface area contributed by atoms with Gasteiger partial charge in [0.15, 0.2) is 0 Å². The summed E-state index contributed by atoms with van der Waals surface area (Å²) in [5, 5.41) is 3.52. The predicted octanol–water partition coefficient (Wildman–Crippen LogP) is 1.73. The molecule has 1 saturated carbocycles. The van der Waals surface area contributed by atoms with E-state index in [1.54, 1.807) is 0 Å². The molecule has 3 heteroatoms. The van der Waals surface area contributed by atoms with Crippen molar-refractivity contribution in [2.24, 2.45) is 11.3 Å². The third-order valence-electron chi connectivity index (χ3n) is 4.55. The van der Waals surface area contributed by atoms with Gasteiger partial charge in [-0.1, -0.05) is 20.8 Å². The van der Waals surface area contributed by atoms with E-state index in [0.717, 1.165) is 19.1 Å². The predicted molar refractivity (Wildman–Crippen MR) is 71.2 cm³/mol. The highest BCUT2D eigenvalue weighted by Crippen LogP contribution is 2.46. The van der Waals surface area contributed by atoms with E-state index in [0.29, 0.717) is 17.6 Å². The van der Waals surface area contributed by atoms with Gasteiger partial charge in [-0.25, -0.2) is 0 Å². The molecule has 3 atom stereocenters. The molecule has 2 fully saturated rings. The summed E-state index contributed by atoms with van der Waals surface area (Å²) in [6, 6.07) is 0.710. The van der Waals surface area contributed by atoms with Gasteiger partial charge in [0, 0.05) is 37.7 Å². The largest absolute Gasteiger partial charge is 0.378 e. The lowest BCUT2D eigenvalue weighted by molar-refractivity contribution is -0.150. The summed E-state index contributed by atoms with van der Waals surface area (Å²) < 4.78 is 5.83. The first-order chi connectivity index (χ1) is 8.05. The van der Waals surface area contributed by atoms with E-state index in [4.69, 9.17) is 4.74 Å². The van der Waals surface area contributed by atoms with Crippen molar-refractivity contribution in [1.82, 2.24) is 10.2 Å². The van der Waals surface area contributed by atoms with Gasteiger partial charge in [-0.3, -0.25) is 4.90 Å². The van der Waals surface area contributed by atoms with Crippen LogP contribution in [-0.2, 0) is 4.74 Å². The first-order valence-electron chi connectivity index (χ1n) is 7.12. The standard InChI is InChI=1S/C14H28N2O/c1-5-17-13-8-12(14(13,3)4)16-7-6-15-9-11(2)10-16/h11-13,15H,5-10H2,1-4H3. The normalized spacial score (nSPS) is 38.5. The molecule has 1 aliphatic carbocycles. The molecule has 0 amide bonds. The highest BCUT2D eigenvalue weighted by Gasteiger charge is 2.51. The van der Waals surface area contributed by atoms with Gasteiger partial charge >= 0.3 is 0 Å². The van der Waals surface area contributed by atoms with Gasteiger partial charge in [0.1, 0.15) is 0 Å². The van der Waals surface area contributed by atoms with Crippen molar-refractivity contribution in [2.45, 2.75) is 46.3 Å². The van der Waals surface area contributed by atoms with E-state index < -0.39 is 0 Å². The van der Waals surface area contributed by atoms with E-state index in [9.17, 15) is 0 Å². The number of hydrogen-bond acceptors (Lipinski definition) is 3. The summed E-state index contributed by atoms with van der Waals surface area (Å²) in [5.41, 5.74) is 0.320. The molecule has 0 aromatic heterocycles. The molecule has 3 nitrogen and oxygen atoms in total. The molecule has 1 N–H and O–H groups in total. The van der Waals surface area contributed by atoms with Crippen molar-refractivity contribution in [1.29, 1.82) is 0 Å². The minimum atomic E-state index is 0.320. The third-order valence-corrected chi connectivity index (χ3v) is 4.55. The Hall–Kier alpha value is -0.120. The second-order valence-corrected chi connectivity index (χ2v) is 6.32. The zero-order chi connectivity index (χ0) is 12.5. The summed E-state index contributed by atoms with van der Waals surface area (Å²) in [5.74, 6) is 0.763. The second-order valence-electron chi connectivity index (χ2n) is 6.32. The van der Waals surface area contributed by atoms with Crippen LogP contribution >= 0.6 is 0 Å². The Kier molecular flexibility index (Phi) is 4.11. The van der Waals surface area contributed by atoms with Crippen LogP contribution in [0.5, 0.6) is 0 Å². The molecule has 0 spiro atoms. The SMILES string of the molecule is CCOC1CC(N2CCNCC(C)C2)C1(C)C. The average molecular weight is 240 g/mol. The lowest BCUT2D eigenvalue weighted by atomic mass is 9.63. The van der Waals surface area contributed by atoms with Crippen LogP contribution in [-0.4, -0.2) is 49.8 Å². The number of rotatable bonds is 3. The fourth-order valence-electron chi connectivity index (χ4n) is 3.38. The molecule has 1 aliphatic heterocycles. The summed E-state index contributed by atoms with van der Waals surface area (Å²) >= 11 is 0. The maximum Gasteiger partial charge on any atom is 0.0655 e. The van der Waals surface area contributed by atoms with E-state index in [2.05, 4.69) is 37.9 Å². The van der Waals surface area contributed by atoms with Crippen molar-refractivity contribution >= 4 is 0 Å². The minimum Gasteiger partial charge on any atom is -0.378 e. The fourth-order valence-corrected chi connectivity index (χ4v) is 3.38. The van der Waals surface area contributed by atoms with Crippen molar-refractivity contribution in [3.63, 3.8) is 0 Å². The van der Waals surface area contributed by atoms with Crippen molar-refractivity contribution in [2.75, 3.05) is 32.8 Å². The molecule has 0 aromatic carbocycles. The Morgan fingerprint density at radius 1 is 1.41 bits per heavy atom. The summed E-state index contributed by atoms with van der Waals surface area (Å²) in [6.07, 6.45) is 1.68. The number of ether oxygens (including phenoxy) is 1. The Balaban J connectivity index is 1.94. The molecule has 1 saturated heterocycles. The zero-order valence-electron chi connectivity index (χ0n) is 11.8. The fraction of sp³-hybridized carbons (Fsp3) is 1.00. The van der Waals surface area contributed by atoms with Crippen LogP contribution in [0.1, 0.15) is 34.1 Å². The van der Waals surface area contributed by atoms with E-state index >= 15 is 0 Å². The Labute approximate surface area is 106 Å². The molecule has 0 aromatic rings. The number of nitrogens with zero attached hydrogens (tertiary/aromatic N) is 1. The van der Waals surface area contributed by atoms with Gasteiger partial charge in [-0.15, -0.1) is 0 Å². The minimum absolute atomic E-state index is 0.320. The van der Waals surface area contributed by atoms with Crippen LogP contribution in [0.4, 0.5) is 0 Å². The third kappa shape index (κ3) is 2.67. The molecule has 1 heterocycles. The van der Waals surface area contributed by atoms with E-state index in [1.165, 1.54) is 26.1 Å². The van der Waals surface area contributed by atoms with Gasteiger partial charge in [0.25, 0.3) is 0 Å². The molecule has 17 heavy (non-hydrogen) atoms. The second kappa shape index (κ2) is 5.25. The first-order valence-corrected chi connectivity index (χ1v) is 7.12. The smallest absolute Gasteiger partial charge is 0.0655 e. The summed E-state index contributed by atoms with van der Waals surface area (Å²) in [4.78, 5) is 2.68. The summed E-state index contributed by atoms with van der Waals surface area (Å²) in [7, 11) is 0. The van der Waals surface area contributed by atoms with E-state index in [-0.39, 0.29) is 0 Å². The van der Waals surface area contributed by atoms with Gasteiger partial charge in [0.05, 0.1) is 6.10 Å². The first kappa shape index (κ1) is 13.3. The number of hydrogen-bond donors (Lipinski definition) is 1. The van der Waals surface area contributed by atoms with E-state index in [1.807, 2.05) is 0 Å². The van der Waals surface area contributed by atoms with Crippen LogP contribution in [0, 0.1) is 11.3 Å². The Morgan fingerprint density at radius 3 is 2.82 bits per heavy atom. The Bertz CT molecular complexity index is 255. The molecular weight excluding hydrogens is 212 g/mol. The highest BCUT2D eigenvalue weighted by molar-refractivity contribution is 5.04. The molecule has 3 unspecified atom stereocenters. The van der Waals surface area contributed by atoms with Crippen LogP contribution in [0.25, 0.3) is 0 Å².